The Morgan fingerprint density at radius 3 is 2.25 bits per heavy atom. The van der Waals surface area contributed by atoms with E-state index < -0.39 is 0 Å². The minimum Gasteiger partial charge on any atom is -0.309 e. The molecule has 0 aliphatic heterocycles. The molecule has 0 bridgehead atoms. The van der Waals surface area contributed by atoms with Crippen LogP contribution in [-0.4, -0.2) is 6.21 Å². The van der Waals surface area contributed by atoms with Gasteiger partial charge in [0.15, 0.2) is 0 Å². The zero-order valence-corrected chi connectivity index (χ0v) is 7.72. The quantitative estimate of drug-likeness (QED) is 0.483. The van der Waals surface area contributed by atoms with Crippen molar-refractivity contribution in [1.29, 1.82) is 5.41 Å². The second kappa shape index (κ2) is 5.30. The lowest BCUT2D eigenvalue weighted by Gasteiger charge is -1.99. The van der Waals surface area contributed by atoms with Crippen LogP contribution >= 0.6 is 0 Å². The molecular weight excluding hydrogens is 146 g/mol. The Hall–Kier alpha value is -1.37. The third-order valence-corrected chi connectivity index (χ3v) is 1.32. The molecule has 0 aromatic carbocycles. The van der Waals surface area contributed by atoms with E-state index in [-0.39, 0.29) is 0 Å². The standard InChI is InChI=1S/C11H15N/c1-5-11(6-7-12)10(4)8-9(2)3/h5-8,12H,1,4H2,2-3H3/b11-6+,12-7?. The lowest BCUT2D eigenvalue weighted by Crippen LogP contribution is -1.82. The molecule has 0 spiro atoms. The minimum atomic E-state index is 0.895. The van der Waals surface area contributed by atoms with Gasteiger partial charge in [0.05, 0.1) is 0 Å². The molecule has 0 aromatic rings. The summed E-state index contributed by atoms with van der Waals surface area (Å²) in [7, 11) is 0. The number of hydrogen-bond acceptors (Lipinski definition) is 1. The van der Waals surface area contributed by atoms with E-state index in [1.165, 1.54) is 11.8 Å². The fraction of sp³-hybridized carbons (Fsp3) is 0.182. The first-order valence-corrected chi connectivity index (χ1v) is 3.79. The van der Waals surface area contributed by atoms with Gasteiger partial charge in [-0.15, -0.1) is 0 Å². The smallest absolute Gasteiger partial charge is 0.0183 e. The van der Waals surface area contributed by atoms with Crippen LogP contribution in [0, 0.1) is 5.41 Å². The van der Waals surface area contributed by atoms with Crippen molar-refractivity contribution < 1.29 is 0 Å². The van der Waals surface area contributed by atoms with Gasteiger partial charge in [0.25, 0.3) is 0 Å². The van der Waals surface area contributed by atoms with Crippen molar-refractivity contribution in [3.8, 4) is 0 Å². The van der Waals surface area contributed by atoms with Crippen molar-refractivity contribution in [2.45, 2.75) is 13.8 Å². The molecule has 0 aliphatic rings. The van der Waals surface area contributed by atoms with Gasteiger partial charge in [0, 0.05) is 6.21 Å². The molecule has 0 fully saturated rings. The van der Waals surface area contributed by atoms with Crippen LogP contribution in [0.4, 0.5) is 0 Å². The van der Waals surface area contributed by atoms with Gasteiger partial charge in [-0.3, -0.25) is 0 Å². The number of allylic oxidation sites excluding steroid dienone is 6. The van der Waals surface area contributed by atoms with Crippen LogP contribution in [0.2, 0.25) is 0 Å². The monoisotopic (exact) mass is 161 g/mol. The summed E-state index contributed by atoms with van der Waals surface area (Å²) in [5.74, 6) is 0. The van der Waals surface area contributed by atoms with Crippen molar-refractivity contribution in [1.82, 2.24) is 0 Å². The van der Waals surface area contributed by atoms with Crippen LogP contribution in [0.25, 0.3) is 0 Å². The van der Waals surface area contributed by atoms with Gasteiger partial charge in [0.1, 0.15) is 0 Å². The molecule has 0 aromatic heterocycles. The van der Waals surface area contributed by atoms with E-state index in [0.717, 1.165) is 11.1 Å². The van der Waals surface area contributed by atoms with Crippen LogP contribution < -0.4 is 0 Å². The Balaban J connectivity index is 4.66. The summed E-state index contributed by atoms with van der Waals surface area (Å²) in [5, 5.41) is 6.90. The maximum absolute atomic E-state index is 6.90. The third-order valence-electron chi connectivity index (χ3n) is 1.32. The van der Waals surface area contributed by atoms with Crippen LogP contribution in [0.5, 0.6) is 0 Å². The maximum Gasteiger partial charge on any atom is 0.0183 e. The van der Waals surface area contributed by atoms with Crippen molar-refractivity contribution in [3.05, 3.63) is 48.1 Å². The summed E-state index contributed by atoms with van der Waals surface area (Å²) in [5.41, 5.74) is 2.98. The maximum atomic E-state index is 6.90. The fourth-order valence-corrected chi connectivity index (χ4v) is 0.828. The summed E-state index contributed by atoms with van der Waals surface area (Å²) >= 11 is 0. The van der Waals surface area contributed by atoms with Gasteiger partial charge >= 0.3 is 0 Å². The van der Waals surface area contributed by atoms with Crippen molar-refractivity contribution in [3.63, 3.8) is 0 Å². The molecule has 0 heterocycles. The minimum absolute atomic E-state index is 0.895. The van der Waals surface area contributed by atoms with E-state index in [9.17, 15) is 0 Å². The number of nitrogens with one attached hydrogen (secondary N) is 1. The van der Waals surface area contributed by atoms with Crippen LogP contribution in [-0.2, 0) is 0 Å². The Bertz CT molecular complexity index is 250. The van der Waals surface area contributed by atoms with E-state index in [1.54, 1.807) is 12.2 Å². The van der Waals surface area contributed by atoms with E-state index in [0.29, 0.717) is 0 Å². The summed E-state index contributed by atoms with van der Waals surface area (Å²) in [6, 6.07) is 0. The molecule has 1 heteroatoms. The predicted molar refractivity (Wildman–Crippen MR) is 55.6 cm³/mol. The predicted octanol–water partition coefficient (Wildman–Crippen LogP) is 3.27. The molecular formula is C11H15N. The zero-order chi connectivity index (χ0) is 9.56. The molecule has 0 saturated heterocycles. The first kappa shape index (κ1) is 10.6. The van der Waals surface area contributed by atoms with Gasteiger partial charge < -0.3 is 5.41 Å². The Labute approximate surface area is 74.3 Å². The highest BCUT2D eigenvalue weighted by Gasteiger charge is 1.92. The number of rotatable bonds is 4. The molecule has 0 atom stereocenters. The molecule has 0 saturated carbocycles. The Kier molecular flexibility index (Phi) is 4.70. The average Bonchev–Trinajstić information content (AvgIpc) is 1.98. The molecule has 12 heavy (non-hydrogen) atoms. The molecule has 0 aliphatic carbocycles. The third kappa shape index (κ3) is 3.71. The van der Waals surface area contributed by atoms with Crippen molar-refractivity contribution >= 4 is 6.21 Å². The average molecular weight is 161 g/mol. The van der Waals surface area contributed by atoms with Gasteiger partial charge in [-0.2, -0.15) is 0 Å². The van der Waals surface area contributed by atoms with E-state index in [4.69, 9.17) is 5.41 Å². The molecule has 0 radical (unpaired) electrons. The summed E-state index contributed by atoms with van der Waals surface area (Å²) in [4.78, 5) is 0. The van der Waals surface area contributed by atoms with E-state index in [2.05, 4.69) is 13.2 Å². The normalized spacial score (nSPS) is 10.3. The van der Waals surface area contributed by atoms with Crippen LogP contribution in [0.1, 0.15) is 13.8 Å². The first-order chi connectivity index (χ1) is 5.61. The molecule has 1 nitrogen and oxygen atoms in total. The summed E-state index contributed by atoms with van der Waals surface area (Å²) in [6.45, 7) is 11.5. The SMILES string of the molecule is C=C/C(=C\C=N)C(=C)C=C(C)C. The lowest BCUT2D eigenvalue weighted by atomic mass is 10.1. The molecule has 64 valence electrons. The first-order valence-electron chi connectivity index (χ1n) is 3.79. The van der Waals surface area contributed by atoms with Gasteiger partial charge in [0.2, 0.25) is 0 Å². The Morgan fingerprint density at radius 2 is 1.92 bits per heavy atom. The molecule has 0 amide bonds. The van der Waals surface area contributed by atoms with Gasteiger partial charge in [-0.1, -0.05) is 30.9 Å². The lowest BCUT2D eigenvalue weighted by molar-refractivity contribution is 1.37. The van der Waals surface area contributed by atoms with Crippen LogP contribution in [0.3, 0.4) is 0 Å². The second-order valence-corrected chi connectivity index (χ2v) is 2.74. The molecule has 0 rings (SSSR count). The Morgan fingerprint density at radius 1 is 1.33 bits per heavy atom. The molecule has 0 unspecified atom stereocenters. The highest BCUT2D eigenvalue weighted by molar-refractivity contribution is 5.72. The van der Waals surface area contributed by atoms with Gasteiger partial charge in [-0.25, -0.2) is 0 Å². The van der Waals surface area contributed by atoms with Crippen molar-refractivity contribution in [2.24, 2.45) is 0 Å². The molecule has 1 N–H and O–H groups in total. The van der Waals surface area contributed by atoms with Crippen molar-refractivity contribution in [2.75, 3.05) is 0 Å². The van der Waals surface area contributed by atoms with E-state index in [1.807, 2.05) is 19.9 Å². The second-order valence-electron chi connectivity index (χ2n) is 2.74. The van der Waals surface area contributed by atoms with Gasteiger partial charge in [-0.05, 0) is 31.1 Å². The fourth-order valence-electron chi connectivity index (χ4n) is 0.828. The summed E-state index contributed by atoms with van der Waals surface area (Å²) < 4.78 is 0. The highest BCUT2D eigenvalue weighted by Crippen LogP contribution is 2.11. The van der Waals surface area contributed by atoms with Crippen LogP contribution in [0.15, 0.2) is 48.1 Å². The largest absolute Gasteiger partial charge is 0.309 e. The highest BCUT2D eigenvalue weighted by atomic mass is 14.3. The topological polar surface area (TPSA) is 23.9 Å². The summed E-state index contributed by atoms with van der Waals surface area (Å²) in [6.07, 6.45) is 6.58. The zero-order valence-electron chi connectivity index (χ0n) is 7.72. The van der Waals surface area contributed by atoms with E-state index >= 15 is 0 Å². The number of hydrogen-bond donors (Lipinski definition) is 1.